The molecule has 2 aromatic carbocycles. The zero-order valence-electron chi connectivity index (χ0n) is 21.4. The number of nitrogens with zero attached hydrogens (tertiary/aromatic N) is 1. The summed E-state index contributed by atoms with van der Waals surface area (Å²) in [5.41, 5.74) is 3.29. The van der Waals surface area contributed by atoms with Gasteiger partial charge in [-0.3, -0.25) is 19.3 Å². The Morgan fingerprint density at radius 1 is 1.10 bits per heavy atom. The summed E-state index contributed by atoms with van der Waals surface area (Å²) >= 11 is 7.95. The summed E-state index contributed by atoms with van der Waals surface area (Å²) in [6, 6.07) is 14.7. The van der Waals surface area contributed by atoms with E-state index in [0.717, 1.165) is 16.0 Å². The molecule has 0 fully saturated rings. The molecule has 3 aliphatic rings. The van der Waals surface area contributed by atoms with Crippen LogP contribution in [0, 0.1) is 12.8 Å². The van der Waals surface area contributed by atoms with Crippen LogP contribution in [-0.2, 0) is 19.1 Å². The van der Waals surface area contributed by atoms with E-state index in [2.05, 4.69) is 0 Å². The van der Waals surface area contributed by atoms with Crippen molar-refractivity contribution in [2.45, 2.75) is 38.5 Å². The van der Waals surface area contributed by atoms with E-state index in [1.807, 2.05) is 48.7 Å². The molecule has 0 unspecified atom stereocenters. The number of Topliss-reactive ketones (excluding diaryl/α,β-unsaturated/α-hetero) is 1. The maximum Gasteiger partial charge on any atom is 0.317 e. The first-order chi connectivity index (χ1) is 18.9. The summed E-state index contributed by atoms with van der Waals surface area (Å²) in [5.74, 6) is -1.83. The highest BCUT2D eigenvalue weighted by Crippen LogP contribution is 2.51. The Morgan fingerprint density at radius 3 is 2.67 bits per heavy atom. The smallest absolute Gasteiger partial charge is 0.317 e. The first-order valence-electron chi connectivity index (χ1n) is 12.8. The predicted octanol–water partition coefficient (Wildman–Crippen LogP) is 6.15. The van der Waals surface area contributed by atoms with Gasteiger partial charge in [0.25, 0.3) is 0 Å². The standard InChI is InChI=1S/C30H26ClNO6S/c1-3-36-30(35)28-20(25-5-4-10-39-25)13-22-27(29(28)34)19(17-7-9-23-24(11-17)38-15-37-23)14-26(33)32(22)18-8-6-16(2)21(31)12-18/h4-12,19-20,28H,3,13-15H2,1-2H3/t19-,20-,28-/m0/s1. The van der Waals surface area contributed by atoms with Crippen LogP contribution in [0.1, 0.15) is 47.6 Å². The molecule has 1 aromatic heterocycles. The summed E-state index contributed by atoms with van der Waals surface area (Å²) in [6.45, 7) is 3.91. The van der Waals surface area contributed by atoms with E-state index < -0.39 is 23.7 Å². The van der Waals surface area contributed by atoms with Crippen molar-refractivity contribution in [2.75, 3.05) is 18.3 Å². The molecule has 3 atom stereocenters. The molecule has 39 heavy (non-hydrogen) atoms. The highest BCUT2D eigenvalue weighted by molar-refractivity contribution is 7.10. The van der Waals surface area contributed by atoms with Gasteiger partial charge in [0.05, 0.1) is 12.3 Å². The molecule has 6 rings (SSSR count). The summed E-state index contributed by atoms with van der Waals surface area (Å²) in [4.78, 5) is 44.1. The molecule has 0 N–H and O–H groups in total. The first-order valence-corrected chi connectivity index (χ1v) is 14.1. The zero-order chi connectivity index (χ0) is 27.3. The van der Waals surface area contributed by atoms with Gasteiger partial charge in [-0.25, -0.2) is 0 Å². The second-order valence-electron chi connectivity index (χ2n) is 9.81. The molecule has 0 saturated carbocycles. The van der Waals surface area contributed by atoms with Crippen molar-refractivity contribution in [3.63, 3.8) is 0 Å². The van der Waals surface area contributed by atoms with E-state index in [-0.39, 0.29) is 31.5 Å². The minimum absolute atomic E-state index is 0.0505. The van der Waals surface area contributed by atoms with Gasteiger partial charge in [-0.15, -0.1) is 11.3 Å². The van der Waals surface area contributed by atoms with Gasteiger partial charge in [0.15, 0.2) is 17.3 Å². The summed E-state index contributed by atoms with van der Waals surface area (Å²) in [5, 5.41) is 2.45. The normalized spacial score (nSPS) is 22.2. The average Bonchev–Trinajstić information content (AvgIpc) is 3.62. The Bertz CT molecular complexity index is 1510. The van der Waals surface area contributed by atoms with Gasteiger partial charge in [-0.2, -0.15) is 0 Å². The predicted molar refractivity (Wildman–Crippen MR) is 147 cm³/mol. The van der Waals surface area contributed by atoms with Crippen molar-refractivity contribution in [1.82, 2.24) is 0 Å². The number of rotatable bonds is 5. The maximum absolute atomic E-state index is 14.4. The second kappa shape index (κ2) is 10.2. The van der Waals surface area contributed by atoms with Crippen LogP contribution in [0.5, 0.6) is 11.5 Å². The van der Waals surface area contributed by atoms with Crippen molar-refractivity contribution in [3.05, 3.63) is 86.2 Å². The van der Waals surface area contributed by atoms with Crippen LogP contribution in [0.25, 0.3) is 0 Å². The molecule has 3 heterocycles. The van der Waals surface area contributed by atoms with Gasteiger partial charge >= 0.3 is 5.97 Å². The third-order valence-electron chi connectivity index (χ3n) is 7.58. The largest absolute Gasteiger partial charge is 0.465 e. The highest BCUT2D eigenvalue weighted by Gasteiger charge is 2.50. The average molecular weight is 564 g/mol. The number of aryl methyl sites for hydroxylation is 1. The van der Waals surface area contributed by atoms with Gasteiger partial charge < -0.3 is 14.2 Å². The van der Waals surface area contributed by atoms with E-state index in [4.69, 9.17) is 25.8 Å². The third kappa shape index (κ3) is 4.41. The fourth-order valence-electron chi connectivity index (χ4n) is 5.74. The fraction of sp³-hybridized carbons (Fsp3) is 0.300. The van der Waals surface area contributed by atoms with Gasteiger partial charge in [0, 0.05) is 39.4 Å². The Morgan fingerprint density at radius 2 is 1.92 bits per heavy atom. The number of hydrogen-bond acceptors (Lipinski definition) is 7. The van der Waals surface area contributed by atoms with Crippen LogP contribution in [0.2, 0.25) is 5.02 Å². The summed E-state index contributed by atoms with van der Waals surface area (Å²) < 4.78 is 16.5. The van der Waals surface area contributed by atoms with Gasteiger partial charge in [-0.05, 0) is 67.1 Å². The zero-order valence-corrected chi connectivity index (χ0v) is 23.0. The lowest BCUT2D eigenvalue weighted by molar-refractivity contribution is -0.152. The fourth-order valence-corrected chi connectivity index (χ4v) is 6.78. The number of anilines is 1. The number of carbonyl (C=O) groups is 3. The molecule has 3 aromatic rings. The number of esters is 1. The molecule has 2 aliphatic heterocycles. The van der Waals surface area contributed by atoms with E-state index in [1.54, 1.807) is 24.0 Å². The van der Waals surface area contributed by atoms with Crippen molar-refractivity contribution >= 4 is 46.3 Å². The van der Waals surface area contributed by atoms with Gasteiger partial charge in [0.1, 0.15) is 5.92 Å². The van der Waals surface area contributed by atoms with Crippen LogP contribution in [0.15, 0.2) is 65.2 Å². The Kier molecular flexibility index (Phi) is 6.69. The van der Waals surface area contributed by atoms with Crippen molar-refractivity contribution in [2.24, 2.45) is 5.92 Å². The maximum atomic E-state index is 14.4. The SMILES string of the molecule is CCOC(=O)[C@@H]1C(=O)C2=C(C[C@H]1c1cccs1)N(c1ccc(C)c(Cl)c1)C(=O)C[C@H]2c1ccc2c(c1)OCO2. The molecule has 0 saturated heterocycles. The number of benzene rings is 2. The lowest BCUT2D eigenvalue weighted by Gasteiger charge is -2.42. The Hall–Kier alpha value is -3.62. The number of carbonyl (C=O) groups excluding carboxylic acids is 3. The molecule has 1 amide bonds. The minimum Gasteiger partial charge on any atom is -0.465 e. The molecule has 1 aliphatic carbocycles. The van der Waals surface area contributed by atoms with Crippen molar-refractivity contribution in [1.29, 1.82) is 0 Å². The first kappa shape index (κ1) is 25.6. The number of halogens is 1. The second-order valence-corrected chi connectivity index (χ2v) is 11.2. The van der Waals surface area contributed by atoms with Crippen LogP contribution in [0.3, 0.4) is 0 Å². The molecular weight excluding hydrogens is 538 g/mol. The third-order valence-corrected chi connectivity index (χ3v) is 8.99. The van der Waals surface area contributed by atoms with E-state index >= 15 is 0 Å². The lowest BCUT2D eigenvalue weighted by Crippen LogP contribution is -2.46. The molecule has 9 heteroatoms. The molecular formula is C30H26ClNO6S. The number of amides is 1. The topological polar surface area (TPSA) is 82.1 Å². The Labute approximate surface area is 234 Å². The number of ether oxygens (including phenoxy) is 3. The molecule has 0 spiro atoms. The van der Waals surface area contributed by atoms with E-state index in [1.165, 1.54) is 11.3 Å². The van der Waals surface area contributed by atoms with Crippen LogP contribution in [0.4, 0.5) is 5.69 Å². The van der Waals surface area contributed by atoms with Crippen molar-refractivity contribution < 1.29 is 28.6 Å². The summed E-state index contributed by atoms with van der Waals surface area (Å²) in [6.07, 6.45) is 0.373. The number of allylic oxidation sites excluding steroid dienone is 2. The van der Waals surface area contributed by atoms with Gasteiger partial charge in [-0.1, -0.05) is 29.8 Å². The van der Waals surface area contributed by atoms with Crippen molar-refractivity contribution in [3.8, 4) is 11.5 Å². The van der Waals surface area contributed by atoms with Gasteiger partial charge in [0.2, 0.25) is 12.7 Å². The molecule has 200 valence electrons. The quantitative estimate of drug-likeness (QED) is 0.273. The molecule has 0 radical (unpaired) electrons. The molecule has 7 nitrogen and oxygen atoms in total. The lowest BCUT2D eigenvalue weighted by atomic mass is 9.69. The monoisotopic (exact) mass is 563 g/mol. The minimum atomic E-state index is -1.00. The number of thiophene rings is 1. The Balaban J connectivity index is 1.55. The number of hydrogen-bond donors (Lipinski definition) is 0. The highest BCUT2D eigenvalue weighted by atomic mass is 35.5. The summed E-state index contributed by atoms with van der Waals surface area (Å²) in [7, 11) is 0. The van der Waals surface area contributed by atoms with Crippen LogP contribution < -0.4 is 14.4 Å². The van der Waals surface area contributed by atoms with E-state index in [0.29, 0.717) is 39.9 Å². The number of ketones is 1. The van der Waals surface area contributed by atoms with Crippen LogP contribution in [-0.4, -0.2) is 31.1 Å². The molecule has 0 bridgehead atoms. The van der Waals surface area contributed by atoms with E-state index in [9.17, 15) is 14.4 Å². The number of fused-ring (bicyclic) bond motifs is 1. The van der Waals surface area contributed by atoms with Crippen LogP contribution >= 0.6 is 22.9 Å².